The molecule has 5 rings (SSSR count). The van der Waals surface area contributed by atoms with Crippen LogP contribution in [0, 0.1) is 5.82 Å². The molecule has 1 aromatic heterocycles. The number of rotatable bonds is 6. The fourth-order valence-electron chi connectivity index (χ4n) is 4.06. The van der Waals surface area contributed by atoms with Gasteiger partial charge in [0, 0.05) is 30.5 Å². The number of morpholine rings is 1. The molecule has 0 bridgehead atoms. The van der Waals surface area contributed by atoms with E-state index in [1.165, 1.54) is 4.31 Å². The summed E-state index contributed by atoms with van der Waals surface area (Å²) in [5.74, 6) is 0.346. The lowest BCUT2D eigenvalue weighted by molar-refractivity contribution is 0.0730. The molecule has 1 fully saturated rings. The summed E-state index contributed by atoms with van der Waals surface area (Å²) in [5, 5.41) is 6.05. The second kappa shape index (κ2) is 9.13. The maximum Gasteiger partial charge on any atom is 0.243 e. The molecule has 0 amide bonds. The highest BCUT2D eigenvalue weighted by atomic mass is 32.2. The number of benzene rings is 2. The fourth-order valence-corrected chi connectivity index (χ4v) is 5.52. The summed E-state index contributed by atoms with van der Waals surface area (Å²) >= 11 is 0. The molecule has 0 atom stereocenters. The van der Waals surface area contributed by atoms with Crippen molar-refractivity contribution in [2.75, 3.05) is 36.9 Å². The molecule has 34 heavy (non-hydrogen) atoms. The number of allylic oxidation sites excluding steroid dienone is 1. The van der Waals surface area contributed by atoms with Crippen molar-refractivity contribution in [1.82, 2.24) is 14.3 Å². The molecule has 2 aromatic carbocycles. The number of sulfonamides is 1. The molecular weight excluding hydrogens is 457 g/mol. The molecule has 10 heteroatoms. The van der Waals surface area contributed by atoms with Crippen LogP contribution in [0.2, 0.25) is 0 Å². The first-order valence-electron chi connectivity index (χ1n) is 10.9. The number of fused-ring (bicyclic) bond motifs is 1. The molecule has 1 saturated heterocycles. The van der Waals surface area contributed by atoms with Gasteiger partial charge >= 0.3 is 0 Å². The Morgan fingerprint density at radius 1 is 1.09 bits per heavy atom. The van der Waals surface area contributed by atoms with Crippen LogP contribution in [0.1, 0.15) is 18.1 Å². The molecule has 3 aromatic rings. The Morgan fingerprint density at radius 2 is 1.91 bits per heavy atom. The van der Waals surface area contributed by atoms with Crippen LogP contribution in [-0.4, -0.2) is 49.0 Å². The molecule has 1 aliphatic heterocycles. The van der Waals surface area contributed by atoms with E-state index in [0.717, 1.165) is 17.6 Å². The van der Waals surface area contributed by atoms with Gasteiger partial charge in [0.1, 0.15) is 5.82 Å². The summed E-state index contributed by atoms with van der Waals surface area (Å²) in [4.78, 5) is 8.79. The lowest BCUT2D eigenvalue weighted by Crippen LogP contribution is -2.40. The monoisotopic (exact) mass is 481 g/mol. The predicted octanol–water partition coefficient (Wildman–Crippen LogP) is 4.08. The number of nitrogens with one attached hydrogen (secondary N) is 2. The molecule has 0 radical (unpaired) electrons. The van der Waals surface area contributed by atoms with Crippen LogP contribution in [0.4, 0.5) is 27.5 Å². The molecule has 0 unspecified atom stereocenters. The Kier molecular flexibility index (Phi) is 6.03. The molecule has 2 heterocycles. The first-order chi connectivity index (χ1) is 16.4. The second-order valence-electron chi connectivity index (χ2n) is 8.23. The smallest absolute Gasteiger partial charge is 0.243 e. The van der Waals surface area contributed by atoms with Crippen molar-refractivity contribution >= 4 is 39.2 Å². The zero-order valence-corrected chi connectivity index (χ0v) is 19.4. The Hall–Kier alpha value is -3.34. The molecular formula is C24H24FN5O3S. The quantitative estimate of drug-likeness (QED) is 0.548. The molecule has 8 nitrogen and oxygen atoms in total. The largest absolute Gasteiger partial charge is 0.379 e. The molecule has 1 aliphatic carbocycles. The first kappa shape index (κ1) is 22.5. The molecule has 2 aliphatic rings. The fraction of sp³-hybridized carbons (Fsp3) is 0.250. The summed E-state index contributed by atoms with van der Waals surface area (Å²) < 4.78 is 47.5. The van der Waals surface area contributed by atoms with Crippen molar-refractivity contribution < 1.29 is 17.5 Å². The lowest BCUT2D eigenvalue weighted by Gasteiger charge is -2.26. The van der Waals surface area contributed by atoms with Gasteiger partial charge in [-0.1, -0.05) is 23.8 Å². The van der Waals surface area contributed by atoms with Gasteiger partial charge in [0.25, 0.3) is 0 Å². The van der Waals surface area contributed by atoms with Crippen molar-refractivity contribution in [1.29, 1.82) is 0 Å². The Balaban J connectivity index is 1.34. The van der Waals surface area contributed by atoms with Crippen LogP contribution in [0.3, 0.4) is 0 Å². The van der Waals surface area contributed by atoms with Crippen LogP contribution in [0.15, 0.2) is 59.1 Å². The molecule has 2 N–H and O–H groups in total. The van der Waals surface area contributed by atoms with Crippen LogP contribution < -0.4 is 10.6 Å². The van der Waals surface area contributed by atoms with Gasteiger partial charge in [-0.15, -0.1) is 0 Å². The van der Waals surface area contributed by atoms with Crippen molar-refractivity contribution in [3.63, 3.8) is 0 Å². The van der Waals surface area contributed by atoms with Gasteiger partial charge in [-0.2, -0.15) is 9.29 Å². The van der Waals surface area contributed by atoms with E-state index in [0.29, 0.717) is 49.1 Å². The Bertz CT molecular complexity index is 1370. The van der Waals surface area contributed by atoms with Gasteiger partial charge in [-0.3, -0.25) is 0 Å². The van der Waals surface area contributed by atoms with Gasteiger partial charge in [-0.05, 0) is 49.2 Å². The highest BCUT2D eigenvalue weighted by Gasteiger charge is 2.26. The summed E-state index contributed by atoms with van der Waals surface area (Å²) in [6, 6.07) is 11.7. The summed E-state index contributed by atoms with van der Waals surface area (Å²) in [7, 11) is -3.63. The van der Waals surface area contributed by atoms with Gasteiger partial charge in [0.05, 0.1) is 23.8 Å². The first-order valence-corrected chi connectivity index (χ1v) is 12.4. The minimum Gasteiger partial charge on any atom is -0.379 e. The van der Waals surface area contributed by atoms with E-state index >= 15 is 0 Å². The van der Waals surface area contributed by atoms with Crippen molar-refractivity contribution in [2.45, 2.75) is 18.2 Å². The zero-order chi connectivity index (χ0) is 23.7. The van der Waals surface area contributed by atoms with Crippen molar-refractivity contribution in [2.24, 2.45) is 0 Å². The Labute approximate surface area is 197 Å². The summed E-state index contributed by atoms with van der Waals surface area (Å²) in [6.45, 7) is 3.39. The summed E-state index contributed by atoms with van der Waals surface area (Å²) in [5.41, 5.74) is 3.55. The van der Waals surface area contributed by atoms with Crippen LogP contribution in [-0.2, 0) is 21.2 Å². The average Bonchev–Trinajstić information content (AvgIpc) is 3.23. The molecule has 0 saturated carbocycles. The predicted molar refractivity (Wildman–Crippen MR) is 128 cm³/mol. The normalized spacial score (nSPS) is 16.1. The van der Waals surface area contributed by atoms with E-state index < -0.39 is 10.0 Å². The van der Waals surface area contributed by atoms with E-state index in [2.05, 4.69) is 20.6 Å². The van der Waals surface area contributed by atoms with Crippen molar-refractivity contribution in [3.05, 3.63) is 71.2 Å². The van der Waals surface area contributed by atoms with E-state index in [4.69, 9.17) is 4.74 Å². The minimum absolute atomic E-state index is 0.178. The zero-order valence-electron chi connectivity index (χ0n) is 18.6. The number of hydrogen-bond acceptors (Lipinski definition) is 7. The highest BCUT2D eigenvalue weighted by Crippen LogP contribution is 2.32. The maximum absolute atomic E-state index is 15.0. The number of nitrogens with zero attached hydrogens (tertiary/aromatic N) is 3. The molecule has 176 valence electrons. The van der Waals surface area contributed by atoms with E-state index in [9.17, 15) is 12.8 Å². The lowest BCUT2D eigenvalue weighted by atomic mass is 10.1. The highest BCUT2D eigenvalue weighted by molar-refractivity contribution is 7.89. The Morgan fingerprint density at radius 3 is 2.74 bits per heavy atom. The topological polar surface area (TPSA) is 96.5 Å². The SMILES string of the molecule is CC1=Cc2c(ccc(Nc3ccnc(Nc4cccc(S(=O)(=O)N5CCOCC5)c4)n3)c2F)C1. The van der Waals surface area contributed by atoms with Gasteiger partial charge < -0.3 is 15.4 Å². The van der Waals surface area contributed by atoms with Crippen LogP contribution in [0.5, 0.6) is 0 Å². The van der Waals surface area contributed by atoms with E-state index in [1.807, 2.05) is 19.1 Å². The number of hydrogen-bond donors (Lipinski definition) is 2. The maximum atomic E-state index is 15.0. The van der Waals surface area contributed by atoms with E-state index in [-0.39, 0.29) is 16.7 Å². The average molecular weight is 482 g/mol. The number of ether oxygens (including phenoxy) is 1. The third-order valence-electron chi connectivity index (χ3n) is 5.75. The third kappa shape index (κ3) is 4.52. The number of aromatic nitrogens is 2. The van der Waals surface area contributed by atoms with Crippen molar-refractivity contribution in [3.8, 4) is 0 Å². The van der Waals surface area contributed by atoms with E-state index in [1.54, 1.807) is 42.6 Å². The number of halogens is 1. The number of anilines is 4. The summed E-state index contributed by atoms with van der Waals surface area (Å²) in [6.07, 6.45) is 4.16. The minimum atomic E-state index is -3.63. The second-order valence-corrected chi connectivity index (χ2v) is 10.2. The standard InChI is InChI=1S/C24H24FN5O3S/c1-16-13-17-5-6-21(23(25)20(17)14-16)28-22-7-8-26-24(29-22)27-18-3-2-4-19(15-18)34(31,32)30-9-11-33-12-10-30/h2-8,14-15H,9-13H2,1H3,(H2,26,27,28,29). The van der Waals surface area contributed by atoms with Crippen LogP contribution in [0.25, 0.3) is 6.08 Å². The van der Waals surface area contributed by atoms with Crippen LogP contribution >= 0.6 is 0 Å². The van der Waals surface area contributed by atoms with Gasteiger partial charge in [0.15, 0.2) is 5.82 Å². The molecule has 0 spiro atoms. The van der Waals surface area contributed by atoms with Gasteiger partial charge in [-0.25, -0.2) is 17.8 Å². The third-order valence-corrected chi connectivity index (χ3v) is 7.64. The van der Waals surface area contributed by atoms with Gasteiger partial charge in [0.2, 0.25) is 16.0 Å².